The number of halogens is 4. The molecule has 1 heterocycles. The van der Waals surface area contributed by atoms with E-state index in [0.29, 0.717) is 20.8 Å². The van der Waals surface area contributed by atoms with Crippen LogP contribution in [0.15, 0.2) is 45.1 Å². The van der Waals surface area contributed by atoms with E-state index in [1.54, 1.807) is 13.8 Å². The molecule has 0 amide bonds. The molecular weight excluding hydrogens is 472 g/mol. The summed E-state index contributed by atoms with van der Waals surface area (Å²) in [7, 11) is 0. The largest absolute Gasteiger partial charge is 0.293 e. The summed E-state index contributed by atoms with van der Waals surface area (Å²) in [4.78, 5) is 24.9. The fourth-order valence-electron chi connectivity index (χ4n) is 2.52. The third-order valence-corrected chi connectivity index (χ3v) is 7.37. The van der Waals surface area contributed by atoms with Crippen molar-refractivity contribution in [3.05, 3.63) is 70.8 Å². The van der Waals surface area contributed by atoms with Crippen LogP contribution in [0.5, 0.6) is 0 Å². The van der Waals surface area contributed by atoms with E-state index >= 15 is 0 Å². The number of thioether (sulfide) groups is 2. The molecule has 0 aliphatic rings. The number of carbonyl (C=O) groups is 2. The van der Waals surface area contributed by atoms with Gasteiger partial charge in [0.25, 0.3) is 0 Å². The highest BCUT2D eigenvalue weighted by Gasteiger charge is 2.24. The summed E-state index contributed by atoms with van der Waals surface area (Å²) in [5.74, 6) is -4.48. The van der Waals surface area contributed by atoms with Crippen molar-refractivity contribution in [2.75, 3.05) is 0 Å². The summed E-state index contributed by atoms with van der Waals surface area (Å²) in [6.07, 6.45) is 0. The zero-order chi connectivity index (χ0) is 22.7. The standard InChI is InChI=1S/C20H14F4N2O2S3/c1-9(17(27)13-5-3-11(21)7-15(13)23)29-19-25-26-20(31-19)30-10(2)18(28)14-6-4-12(22)8-16(14)24/h3-10H,1-2H3. The van der Waals surface area contributed by atoms with Gasteiger partial charge in [-0.05, 0) is 38.1 Å². The van der Waals surface area contributed by atoms with Crippen LogP contribution in [0.3, 0.4) is 0 Å². The van der Waals surface area contributed by atoms with E-state index in [9.17, 15) is 27.2 Å². The van der Waals surface area contributed by atoms with Crippen molar-refractivity contribution in [2.24, 2.45) is 0 Å². The molecule has 0 saturated heterocycles. The predicted octanol–water partition coefficient (Wildman–Crippen LogP) is 5.82. The van der Waals surface area contributed by atoms with Gasteiger partial charge in [-0.25, -0.2) is 17.6 Å². The first kappa shape index (κ1) is 23.4. The van der Waals surface area contributed by atoms with Gasteiger partial charge < -0.3 is 0 Å². The van der Waals surface area contributed by atoms with E-state index in [2.05, 4.69) is 10.2 Å². The topological polar surface area (TPSA) is 59.9 Å². The molecule has 11 heteroatoms. The number of aromatic nitrogens is 2. The van der Waals surface area contributed by atoms with Crippen molar-refractivity contribution in [1.29, 1.82) is 0 Å². The lowest BCUT2D eigenvalue weighted by molar-refractivity contribution is 0.0982. The van der Waals surface area contributed by atoms with Gasteiger partial charge in [-0.15, -0.1) is 10.2 Å². The second-order valence-corrected chi connectivity index (χ2v) is 10.5. The summed E-state index contributed by atoms with van der Waals surface area (Å²) in [5, 5.41) is 6.49. The summed E-state index contributed by atoms with van der Waals surface area (Å²) >= 11 is 3.22. The maximum atomic E-state index is 13.8. The van der Waals surface area contributed by atoms with Gasteiger partial charge in [0.05, 0.1) is 21.6 Å². The molecule has 3 aromatic rings. The van der Waals surface area contributed by atoms with Crippen LogP contribution in [0.4, 0.5) is 17.6 Å². The van der Waals surface area contributed by atoms with Crippen LogP contribution in [0.2, 0.25) is 0 Å². The number of nitrogens with zero attached hydrogens (tertiary/aromatic N) is 2. The van der Waals surface area contributed by atoms with Gasteiger partial charge in [0.15, 0.2) is 20.2 Å². The Morgan fingerprint density at radius 3 is 1.52 bits per heavy atom. The molecule has 0 saturated carbocycles. The van der Waals surface area contributed by atoms with Crippen LogP contribution in [-0.4, -0.2) is 32.3 Å². The Bertz CT molecular complexity index is 1050. The van der Waals surface area contributed by atoms with Gasteiger partial charge in [0.1, 0.15) is 23.3 Å². The van der Waals surface area contributed by atoms with Crippen molar-refractivity contribution >= 4 is 46.4 Å². The first-order chi connectivity index (χ1) is 14.7. The maximum Gasteiger partial charge on any atom is 0.178 e. The second kappa shape index (κ2) is 9.92. The molecular formula is C20H14F4N2O2S3. The Labute approximate surface area is 187 Å². The van der Waals surface area contributed by atoms with Crippen LogP contribution in [0.25, 0.3) is 0 Å². The number of benzene rings is 2. The Morgan fingerprint density at radius 1 is 0.774 bits per heavy atom. The molecule has 0 bridgehead atoms. The Morgan fingerprint density at radius 2 is 1.16 bits per heavy atom. The Balaban J connectivity index is 1.64. The molecule has 0 aliphatic heterocycles. The molecule has 2 unspecified atom stereocenters. The van der Waals surface area contributed by atoms with E-state index in [1.807, 2.05) is 0 Å². The first-order valence-corrected chi connectivity index (χ1v) is 11.4. The predicted molar refractivity (Wildman–Crippen MR) is 112 cm³/mol. The van der Waals surface area contributed by atoms with Crippen LogP contribution in [0.1, 0.15) is 34.6 Å². The third-order valence-electron chi connectivity index (χ3n) is 4.07. The van der Waals surface area contributed by atoms with Crippen molar-refractivity contribution in [2.45, 2.75) is 33.0 Å². The van der Waals surface area contributed by atoms with E-state index < -0.39 is 45.3 Å². The van der Waals surface area contributed by atoms with Gasteiger partial charge >= 0.3 is 0 Å². The second-order valence-electron chi connectivity index (χ2n) is 6.33. The number of rotatable bonds is 8. The minimum atomic E-state index is -0.939. The quantitative estimate of drug-likeness (QED) is 0.227. The van der Waals surface area contributed by atoms with Crippen LogP contribution < -0.4 is 0 Å². The molecule has 0 N–H and O–H groups in total. The molecule has 0 aliphatic carbocycles. The van der Waals surface area contributed by atoms with Gasteiger partial charge in [-0.3, -0.25) is 9.59 Å². The van der Waals surface area contributed by atoms with Crippen LogP contribution in [0, 0.1) is 23.3 Å². The summed E-state index contributed by atoms with van der Waals surface area (Å²) in [5.41, 5.74) is -0.442. The number of ketones is 2. The number of Topliss-reactive ketones (excluding diaryl/α,β-unsaturated/α-hetero) is 2. The molecule has 162 valence electrons. The molecule has 3 rings (SSSR count). The summed E-state index contributed by atoms with van der Waals surface area (Å²) in [6, 6.07) is 5.49. The zero-order valence-corrected chi connectivity index (χ0v) is 18.5. The first-order valence-electron chi connectivity index (χ1n) is 8.81. The zero-order valence-electron chi connectivity index (χ0n) is 16.1. The lowest BCUT2D eigenvalue weighted by atomic mass is 10.1. The van der Waals surface area contributed by atoms with E-state index in [-0.39, 0.29) is 11.1 Å². The molecule has 2 aromatic carbocycles. The number of carbonyl (C=O) groups excluding carboxylic acids is 2. The highest BCUT2D eigenvalue weighted by Crippen LogP contribution is 2.35. The molecule has 1 aromatic heterocycles. The van der Waals surface area contributed by atoms with Crippen molar-refractivity contribution < 1.29 is 27.2 Å². The highest BCUT2D eigenvalue weighted by atomic mass is 32.2. The van der Waals surface area contributed by atoms with Crippen LogP contribution >= 0.6 is 34.9 Å². The van der Waals surface area contributed by atoms with E-state index in [4.69, 9.17) is 0 Å². The van der Waals surface area contributed by atoms with Gasteiger partial charge in [0.2, 0.25) is 0 Å². The Kier molecular flexibility index (Phi) is 7.50. The fraction of sp³-hybridized carbons (Fsp3) is 0.200. The summed E-state index contributed by atoms with van der Waals surface area (Å²) in [6.45, 7) is 3.13. The lowest BCUT2D eigenvalue weighted by Gasteiger charge is -2.09. The Hall–Kier alpha value is -2.24. The van der Waals surface area contributed by atoms with Gasteiger partial charge in [0, 0.05) is 12.1 Å². The SMILES string of the molecule is CC(Sc1nnc(SC(C)C(=O)c2ccc(F)cc2F)s1)C(=O)c1ccc(F)cc1F. The van der Waals surface area contributed by atoms with Crippen LogP contribution in [-0.2, 0) is 0 Å². The van der Waals surface area contributed by atoms with Gasteiger partial charge in [-0.1, -0.05) is 34.9 Å². The monoisotopic (exact) mass is 486 g/mol. The average molecular weight is 487 g/mol. The fourth-order valence-corrected chi connectivity index (χ4v) is 5.96. The number of hydrogen-bond acceptors (Lipinski definition) is 7. The van der Waals surface area contributed by atoms with E-state index in [0.717, 1.165) is 59.1 Å². The molecule has 0 spiro atoms. The molecule has 4 nitrogen and oxygen atoms in total. The molecule has 2 atom stereocenters. The minimum absolute atomic E-state index is 0.221. The van der Waals surface area contributed by atoms with E-state index in [1.165, 1.54) is 0 Å². The normalized spacial score (nSPS) is 13.1. The van der Waals surface area contributed by atoms with Gasteiger partial charge in [-0.2, -0.15) is 0 Å². The van der Waals surface area contributed by atoms with Crippen molar-refractivity contribution in [1.82, 2.24) is 10.2 Å². The minimum Gasteiger partial charge on any atom is -0.293 e. The number of hydrogen-bond donors (Lipinski definition) is 0. The third kappa shape index (κ3) is 5.72. The highest BCUT2D eigenvalue weighted by molar-refractivity contribution is 8.04. The van der Waals surface area contributed by atoms with Crippen molar-refractivity contribution in [3.8, 4) is 0 Å². The molecule has 0 fully saturated rings. The van der Waals surface area contributed by atoms with Crippen molar-refractivity contribution in [3.63, 3.8) is 0 Å². The molecule has 0 radical (unpaired) electrons. The lowest BCUT2D eigenvalue weighted by Crippen LogP contribution is -2.15. The smallest absolute Gasteiger partial charge is 0.178 e. The average Bonchev–Trinajstić information content (AvgIpc) is 3.13. The molecule has 31 heavy (non-hydrogen) atoms. The summed E-state index contributed by atoms with van der Waals surface area (Å²) < 4.78 is 54.6. The maximum absolute atomic E-state index is 13.8.